The van der Waals surface area contributed by atoms with Crippen molar-refractivity contribution in [2.45, 2.75) is 83.6 Å². The SMILES string of the molecule is CC(C)(C)OC(=O)N1CCC(n2ncc3c2CC/C3=N\S(=O)C(C)(C)C)CC1. The third-order valence-electron chi connectivity index (χ3n) is 4.99. The number of amides is 1. The fourth-order valence-electron chi connectivity index (χ4n) is 3.52. The van der Waals surface area contributed by atoms with E-state index in [9.17, 15) is 9.00 Å². The van der Waals surface area contributed by atoms with Crippen molar-refractivity contribution in [2.75, 3.05) is 13.1 Å². The molecule has 1 aliphatic carbocycles. The lowest BCUT2D eigenvalue weighted by Crippen LogP contribution is -2.42. The Bertz CT molecular complexity index is 793. The van der Waals surface area contributed by atoms with Crippen molar-refractivity contribution in [3.63, 3.8) is 0 Å². The van der Waals surface area contributed by atoms with Crippen LogP contribution in [0.1, 0.15) is 78.1 Å². The van der Waals surface area contributed by atoms with E-state index < -0.39 is 16.6 Å². The molecule has 2 aliphatic rings. The molecule has 156 valence electrons. The van der Waals surface area contributed by atoms with Gasteiger partial charge in [0.25, 0.3) is 0 Å². The summed E-state index contributed by atoms with van der Waals surface area (Å²) in [6.45, 7) is 12.8. The number of hydrogen-bond donors (Lipinski definition) is 0. The summed E-state index contributed by atoms with van der Waals surface area (Å²) in [6, 6.07) is 0.273. The molecule has 0 saturated carbocycles. The molecule has 0 aromatic carbocycles. The van der Waals surface area contributed by atoms with Crippen LogP contribution in [0.5, 0.6) is 0 Å². The summed E-state index contributed by atoms with van der Waals surface area (Å²) >= 11 is 0. The van der Waals surface area contributed by atoms with Gasteiger partial charge in [-0.2, -0.15) is 9.50 Å². The van der Waals surface area contributed by atoms with Gasteiger partial charge in [-0.15, -0.1) is 0 Å². The lowest BCUT2D eigenvalue weighted by Gasteiger charge is -2.34. The molecular formula is C20H32N4O3S. The van der Waals surface area contributed by atoms with Crippen molar-refractivity contribution in [3.05, 3.63) is 17.5 Å². The second kappa shape index (κ2) is 7.61. The molecular weight excluding hydrogens is 376 g/mol. The number of hydrogen-bond acceptors (Lipinski definition) is 4. The maximum atomic E-state index is 12.4. The van der Waals surface area contributed by atoms with Crippen LogP contribution in [0.4, 0.5) is 4.79 Å². The van der Waals surface area contributed by atoms with Gasteiger partial charge in [0.1, 0.15) is 16.6 Å². The monoisotopic (exact) mass is 408 g/mol. The van der Waals surface area contributed by atoms with Crippen LogP contribution in [-0.2, 0) is 22.1 Å². The van der Waals surface area contributed by atoms with Crippen molar-refractivity contribution in [1.29, 1.82) is 0 Å². The van der Waals surface area contributed by atoms with Gasteiger partial charge in [0, 0.05) is 24.3 Å². The summed E-state index contributed by atoms with van der Waals surface area (Å²) in [6.07, 6.45) is 5.02. The Kier molecular flexibility index (Phi) is 5.71. The molecule has 0 N–H and O–H groups in total. The molecule has 0 spiro atoms. The lowest BCUT2D eigenvalue weighted by atomic mass is 10.1. The number of carbonyl (C=O) groups is 1. The van der Waals surface area contributed by atoms with Gasteiger partial charge in [-0.1, -0.05) is 0 Å². The minimum atomic E-state index is -1.26. The van der Waals surface area contributed by atoms with Crippen LogP contribution in [-0.4, -0.2) is 54.1 Å². The number of fused-ring (bicyclic) bond motifs is 1. The zero-order valence-corrected chi connectivity index (χ0v) is 18.6. The Morgan fingerprint density at radius 1 is 1.18 bits per heavy atom. The molecule has 1 saturated heterocycles. The average molecular weight is 409 g/mol. The van der Waals surface area contributed by atoms with Gasteiger partial charge in [-0.3, -0.25) is 4.68 Å². The molecule has 28 heavy (non-hydrogen) atoms. The third-order valence-corrected chi connectivity index (χ3v) is 6.42. The number of carbonyl (C=O) groups excluding carboxylic acids is 1. The van der Waals surface area contributed by atoms with Crippen LogP contribution >= 0.6 is 0 Å². The second-order valence-corrected chi connectivity index (χ2v) is 11.5. The Labute approximate surface area is 170 Å². The van der Waals surface area contributed by atoms with Crippen LogP contribution in [0, 0.1) is 0 Å². The Morgan fingerprint density at radius 3 is 2.39 bits per heavy atom. The maximum absolute atomic E-state index is 12.4. The van der Waals surface area contributed by atoms with Crippen molar-refractivity contribution >= 4 is 22.8 Å². The summed E-state index contributed by atoms with van der Waals surface area (Å²) in [5.74, 6) is 0. The molecule has 1 atom stereocenters. The van der Waals surface area contributed by atoms with E-state index in [0.29, 0.717) is 13.1 Å². The highest BCUT2D eigenvalue weighted by atomic mass is 32.2. The lowest BCUT2D eigenvalue weighted by molar-refractivity contribution is 0.0184. The number of aromatic nitrogens is 2. The standard InChI is InChI=1S/C20H32N4O3S/c1-19(2,3)27-18(25)23-11-9-14(10-12-23)24-17-8-7-16(15(17)13-21-24)22-28(26)20(4,5)6/h13-14H,7-12H2,1-6H3/b22-16+. The summed E-state index contributed by atoms with van der Waals surface area (Å²) < 4.78 is 24.1. The maximum Gasteiger partial charge on any atom is 0.410 e. The summed E-state index contributed by atoms with van der Waals surface area (Å²) in [5.41, 5.74) is 2.65. The molecule has 0 bridgehead atoms. The molecule has 1 unspecified atom stereocenters. The second-order valence-electron chi connectivity index (χ2n) is 9.55. The summed E-state index contributed by atoms with van der Waals surface area (Å²) in [7, 11) is -1.26. The summed E-state index contributed by atoms with van der Waals surface area (Å²) in [5, 5.41) is 4.61. The van der Waals surface area contributed by atoms with E-state index in [4.69, 9.17) is 4.74 Å². The molecule has 1 aromatic rings. The zero-order valence-electron chi connectivity index (χ0n) is 17.8. The quantitative estimate of drug-likeness (QED) is 0.748. The molecule has 7 nitrogen and oxygen atoms in total. The third kappa shape index (κ3) is 4.64. The predicted molar refractivity (Wildman–Crippen MR) is 111 cm³/mol. The molecule has 1 amide bonds. The first kappa shape index (κ1) is 21.0. The van der Waals surface area contributed by atoms with E-state index >= 15 is 0 Å². The van der Waals surface area contributed by atoms with Gasteiger partial charge < -0.3 is 9.64 Å². The van der Waals surface area contributed by atoms with E-state index in [1.165, 1.54) is 5.69 Å². The highest BCUT2D eigenvalue weighted by Gasteiger charge is 2.32. The number of likely N-dealkylation sites (tertiary alicyclic amines) is 1. The van der Waals surface area contributed by atoms with E-state index in [2.05, 4.69) is 14.2 Å². The fourth-order valence-corrected chi connectivity index (χ4v) is 4.18. The predicted octanol–water partition coefficient (Wildman–Crippen LogP) is 3.65. The van der Waals surface area contributed by atoms with E-state index in [1.54, 1.807) is 4.90 Å². The topological polar surface area (TPSA) is 76.8 Å². The molecule has 1 aromatic heterocycles. The zero-order chi connectivity index (χ0) is 20.7. The molecule has 2 heterocycles. The van der Waals surface area contributed by atoms with E-state index in [0.717, 1.165) is 37.0 Å². The van der Waals surface area contributed by atoms with Crippen LogP contribution in [0.2, 0.25) is 0 Å². The van der Waals surface area contributed by atoms with Crippen molar-refractivity contribution in [2.24, 2.45) is 4.40 Å². The minimum Gasteiger partial charge on any atom is -0.444 e. The fraction of sp³-hybridized carbons (Fsp3) is 0.750. The Balaban J connectivity index is 1.67. The van der Waals surface area contributed by atoms with Crippen molar-refractivity contribution < 1.29 is 13.7 Å². The highest BCUT2D eigenvalue weighted by molar-refractivity contribution is 7.85. The molecule has 0 radical (unpaired) electrons. The van der Waals surface area contributed by atoms with Crippen LogP contribution in [0.25, 0.3) is 0 Å². The number of rotatable bonds is 2. The van der Waals surface area contributed by atoms with Gasteiger partial charge in [0.2, 0.25) is 0 Å². The highest BCUT2D eigenvalue weighted by Crippen LogP contribution is 2.31. The van der Waals surface area contributed by atoms with Gasteiger partial charge in [-0.05, 0) is 67.2 Å². The first-order chi connectivity index (χ1) is 13.0. The smallest absolute Gasteiger partial charge is 0.410 e. The van der Waals surface area contributed by atoms with E-state index in [-0.39, 0.29) is 16.9 Å². The molecule has 3 rings (SSSR count). The van der Waals surface area contributed by atoms with E-state index in [1.807, 2.05) is 47.7 Å². The molecule has 1 aliphatic heterocycles. The van der Waals surface area contributed by atoms with Gasteiger partial charge in [0.05, 0.1) is 22.7 Å². The van der Waals surface area contributed by atoms with Gasteiger partial charge in [0.15, 0.2) is 0 Å². The van der Waals surface area contributed by atoms with Gasteiger partial charge in [-0.25, -0.2) is 9.00 Å². The minimum absolute atomic E-state index is 0.240. The first-order valence-corrected chi connectivity index (χ1v) is 11.1. The number of nitrogens with zero attached hydrogens (tertiary/aromatic N) is 4. The van der Waals surface area contributed by atoms with Crippen LogP contribution in [0.3, 0.4) is 0 Å². The summed E-state index contributed by atoms with van der Waals surface area (Å²) in [4.78, 5) is 14.0. The average Bonchev–Trinajstić information content (AvgIpc) is 3.15. The molecule has 1 fully saturated rings. The Hall–Kier alpha value is -1.70. The van der Waals surface area contributed by atoms with Crippen molar-refractivity contribution in [1.82, 2.24) is 14.7 Å². The number of ether oxygens (including phenoxy) is 1. The normalized spacial score (nSPS) is 21.1. The first-order valence-electron chi connectivity index (χ1n) is 10.00. The van der Waals surface area contributed by atoms with Crippen molar-refractivity contribution in [3.8, 4) is 0 Å². The van der Waals surface area contributed by atoms with Crippen LogP contribution < -0.4 is 0 Å². The Morgan fingerprint density at radius 2 is 1.82 bits per heavy atom. The van der Waals surface area contributed by atoms with Crippen LogP contribution in [0.15, 0.2) is 10.6 Å². The number of piperidine rings is 1. The molecule has 8 heteroatoms. The largest absolute Gasteiger partial charge is 0.444 e. The van der Waals surface area contributed by atoms with Gasteiger partial charge >= 0.3 is 6.09 Å².